The van der Waals surface area contributed by atoms with Gasteiger partial charge in [0.15, 0.2) is 0 Å². The third-order valence-corrected chi connectivity index (χ3v) is 3.64. The van der Waals surface area contributed by atoms with Crippen LogP contribution in [0.25, 0.3) is 11.5 Å². The monoisotopic (exact) mass is 290 g/mol. The normalized spacial score (nSPS) is 19.0. The summed E-state index contributed by atoms with van der Waals surface area (Å²) in [5, 5.41) is 9.15. The molecular formula is C15H15FN2O3. The molecule has 0 saturated carbocycles. The summed E-state index contributed by atoms with van der Waals surface area (Å²) in [4.78, 5) is 17.3. The molecule has 6 heteroatoms. The van der Waals surface area contributed by atoms with Crippen LogP contribution in [0, 0.1) is 5.82 Å². The standard InChI is InChI=1S/C15H15FN2O3/c16-11-4-1-3-10(7-11)14-17-12(9-21-14)8-18-6-2-5-13(18)15(19)20/h1,3-4,7,9,13H,2,5-6,8H2,(H,19,20)/t13-/m1/s1. The lowest BCUT2D eigenvalue weighted by Gasteiger charge is -2.19. The van der Waals surface area contributed by atoms with Crippen LogP contribution in [0.4, 0.5) is 4.39 Å². The van der Waals surface area contributed by atoms with Gasteiger partial charge in [0.05, 0.1) is 5.69 Å². The summed E-state index contributed by atoms with van der Waals surface area (Å²) < 4.78 is 18.5. The predicted molar refractivity (Wildman–Crippen MR) is 73.0 cm³/mol. The summed E-state index contributed by atoms with van der Waals surface area (Å²) in [5.74, 6) is -0.811. The van der Waals surface area contributed by atoms with E-state index in [1.165, 1.54) is 18.4 Å². The van der Waals surface area contributed by atoms with Gasteiger partial charge in [-0.15, -0.1) is 0 Å². The second-order valence-electron chi connectivity index (χ2n) is 5.12. The Morgan fingerprint density at radius 2 is 2.38 bits per heavy atom. The molecule has 3 rings (SSSR count). The van der Waals surface area contributed by atoms with Crippen LogP contribution in [-0.2, 0) is 11.3 Å². The van der Waals surface area contributed by atoms with E-state index in [-0.39, 0.29) is 5.82 Å². The molecule has 1 atom stereocenters. The molecule has 2 aromatic rings. The third kappa shape index (κ3) is 2.95. The van der Waals surface area contributed by atoms with Gasteiger partial charge in [-0.2, -0.15) is 0 Å². The average Bonchev–Trinajstić information content (AvgIpc) is 3.08. The van der Waals surface area contributed by atoms with E-state index in [1.807, 2.05) is 4.90 Å². The van der Waals surface area contributed by atoms with E-state index in [1.54, 1.807) is 12.1 Å². The van der Waals surface area contributed by atoms with Crippen molar-refractivity contribution in [1.82, 2.24) is 9.88 Å². The van der Waals surface area contributed by atoms with E-state index in [0.717, 1.165) is 13.0 Å². The lowest BCUT2D eigenvalue weighted by atomic mass is 10.2. The van der Waals surface area contributed by atoms with Crippen LogP contribution >= 0.6 is 0 Å². The number of likely N-dealkylation sites (tertiary alicyclic amines) is 1. The quantitative estimate of drug-likeness (QED) is 0.937. The van der Waals surface area contributed by atoms with Crippen LogP contribution in [0.3, 0.4) is 0 Å². The number of aliphatic carboxylic acids is 1. The Morgan fingerprint density at radius 3 is 3.14 bits per heavy atom. The number of hydrogen-bond donors (Lipinski definition) is 1. The largest absolute Gasteiger partial charge is 0.480 e. The van der Waals surface area contributed by atoms with Crippen molar-refractivity contribution in [2.75, 3.05) is 6.54 Å². The minimum Gasteiger partial charge on any atom is -0.480 e. The lowest BCUT2D eigenvalue weighted by Crippen LogP contribution is -2.35. The molecule has 0 bridgehead atoms. The Morgan fingerprint density at radius 1 is 1.52 bits per heavy atom. The summed E-state index contributed by atoms with van der Waals surface area (Å²) in [6, 6.07) is 5.56. The zero-order valence-electron chi connectivity index (χ0n) is 11.3. The zero-order chi connectivity index (χ0) is 14.8. The number of carboxylic acid groups (broad SMARTS) is 1. The van der Waals surface area contributed by atoms with Gasteiger partial charge in [-0.25, -0.2) is 9.37 Å². The topological polar surface area (TPSA) is 66.6 Å². The van der Waals surface area contributed by atoms with Gasteiger partial charge in [-0.3, -0.25) is 9.69 Å². The van der Waals surface area contributed by atoms with Crippen LogP contribution < -0.4 is 0 Å². The highest BCUT2D eigenvalue weighted by Gasteiger charge is 2.30. The third-order valence-electron chi connectivity index (χ3n) is 3.64. The predicted octanol–water partition coefficient (Wildman–Crippen LogP) is 2.53. The maximum absolute atomic E-state index is 13.2. The highest BCUT2D eigenvalue weighted by molar-refractivity contribution is 5.73. The van der Waals surface area contributed by atoms with Crippen LogP contribution in [0.5, 0.6) is 0 Å². The molecule has 0 radical (unpaired) electrons. The molecule has 1 aliphatic heterocycles. The second-order valence-corrected chi connectivity index (χ2v) is 5.12. The molecule has 0 unspecified atom stereocenters. The highest BCUT2D eigenvalue weighted by Crippen LogP contribution is 2.23. The number of oxazole rings is 1. The first kappa shape index (κ1) is 13.8. The van der Waals surface area contributed by atoms with Crippen molar-refractivity contribution in [1.29, 1.82) is 0 Å². The Kier molecular flexibility index (Phi) is 3.70. The van der Waals surface area contributed by atoms with E-state index in [4.69, 9.17) is 9.52 Å². The number of nitrogens with zero attached hydrogens (tertiary/aromatic N) is 2. The van der Waals surface area contributed by atoms with Crippen molar-refractivity contribution in [3.05, 3.63) is 42.0 Å². The molecule has 1 saturated heterocycles. The van der Waals surface area contributed by atoms with Crippen molar-refractivity contribution in [2.24, 2.45) is 0 Å². The van der Waals surface area contributed by atoms with Crippen molar-refractivity contribution >= 4 is 5.97 Å². The van der Waals surface area contributed by atoms with Crippen molar-refractivity contribution in [2.45, 2.75) is 25.4 Å². The molecule has 5 nitrogen and oxygen atoms in total. The van der Waals surface area contributed by atoms with Crippen molar-refractivity contribution in [3.8, 4) is 11.5 Å². The van der Waals surface area contributed by atoms with E-state index in [2.05, 4.69) is 4.98 Å². The molecule has 110 valence electrons. The number of carbonyl (C=O) groups is 1. The SMILES string of the molecule is O=C(O)[C@H]1CCCN1Cc1coc(-c2cccc(F)c2)n1. The first-order valence-corrected chi connectivity index (χ1v) is 6.80. The molecule has 1 aromatic carbocycles. The molecule has 1 N–H and O–H groups in total. The van der Waals surface area contributed by atoms with E-state index < -0.39 is 12.0 Å². The first-order valence-electron chi connectivity index (χ1n) is 6.80. The van der Waals surface area contributed by atoms with Crippen LogP contribution in [0.1, 0.15) is 18.5 Å². The van der Waals surface area contributed by atoms with Crippen molar-refractivity contribution < 1.29 is 18.7 Å². The summed E-state index contributed by atoms with van der Waals surface area (Å²) in [7, 11) is 0. The second kappa shape index (κ2) is 5.65. The van der Waals surface area contributed by atoms with Crippen LogP contribution in [0.2, 0.25) is 0 Å². The molecule has 1 fully saturated rings. The molecule has 0 amide bonds. The van der Waals surface area contributed by atoms with Gasteiger partial charge in [0.1, 0.15) is 18.1 Å². The molecule has 2 heterocycles. The van der Waals surface area contributed by atoms with E-state index in [0.29, 0.717) is 30.1 Å². The fourth-order valence-corrected chi connectivity index (χ4v) is 2.64. The van der Waals surface area contributed by atoms with E-state index in [9.17, 15) is 9.18 Å². The van der Waals surface area contributed by atoms with Gasteiger partial charge in [-0.1, -0.05) is 6.07 Å². The minimum absolute atomic E-state index is 0.343. The number of aromatic nitrogens is 1. The summed E-state index contributed by atoms with van der Waals surface area (Å²) in [5.41, 5.74) is 1.22. The maximum atomic E-state index is 13.2. The minimum atomic E-state index is -0.804. The molecule has 0 spiro atoms. The van der Waals surface area contributed by atoms with Crippen LogP contribution in [0.15, 0.2) is 34.9 Å². The van der Waals surface area contributed by atoms with Gasteiger partial charge in [0.2, 0.25) is 5.89 Å². The molecule has 0 aliphatic carbocycles. The van der Waals surface area contributed by atoms with Gasteiger partial charge >= 0.3 is 5.97 Å². The Balaban J connectivity index is 1.75. The van der Waals surface area contributed by atoms with Gasteiger partial charge in [-0.05, 0) is 37.6 Å². The van der Waals surface area contributed by atoms with Gasteiger partial charge in [0, 0.05) is 12.1 Å². The number of hydrogen-bond acceptors (Lipinski definition) is 4. The summed E-state index contributed by atoms with van der Waals surface area (Å²) in [6.45, 7) is 1.16. The summed E-state index contributed by atoms with van der Waals surface area (Å²) in [6.07, 6.45) is 3.02. The molecule has 1 aromatic heterocycles. The number of benzene rings is 1. The smallest absolute Gasteiger partial charge is 0.320 e. The molecule has 21 heavy (non-hydrogen) atoms. The maximum Gasteiger partial charge on any atom is 0.320 e. The number of rotatable bonds is 4. The highest BCUT2D eigenvalue weighted by atomic mass is 19.1. The Hall–Kier alpha value is -2.21. The fourth-order valence-electron chi connectivity index (χ4n) is 2.64. The fraction of sp³-hybridized carbons (Fsp3) is 0.333. The Labute approximate surface area is 121 Å². The Bertz CT molecular complexity index is 656. The zero-order valence-corrected chi connectivity index (χ0v) is 11.3. The number of carboxylic acids is 1. The number of halogens is 1. The van der Waals surface area contributed by atoms with Crippen molar-refractivity contribution in [3.63, 3.8) is 0 Å². The van der Waals surface area contributed by atoms with Gasteiger partial charge < -0.3 is 9.52 Å². The lowest BCUT2D eigenvalue weighted by molar-refractivity contribution is -0.142. The van der Waals surface area contributed by atoms with Crippen LogP contribution in [-0.4, -0.2) is 33.5 Å². The first-order chi connectivity index (χ1) is 10.1. The average molecular weight is 290 g/mol. The van der Waals surface area contributed by atoms with Gasteiger partial charge in [0.25, 0.3) is 0 Å². The van der Waals surface area contributed by atoms with E-state index >= 15 is 0 Å². The summed E-state index contributed by atoms with van der Waals surface area (Å²) >= 11 is 0. The molecular weight excluding hydrogens is 275 g/mol. The molecule has 1 aliphatic rings.